The van der Waals surface area contributed by atoms with Crippen LogP contribution >= 0.6 is 11.6 Å². The fourth-order valence-corrected chi connectivity index (χ4v) is 3.12. The largest absolute Gasteiger partial charge is 0.303 e. The van der Waals surface area contributed by atoms with Crippen molar-refractivity contribution in [3.63, 3.8) is 0 Å². The maximum absolute atomic E-state index is 11.8. The molecule has 0 saturated carbocycles. The molecular formula is C13H12ClNO3S. The summed E-state index contributed by atoms with van der Waals surface area (Å²) in [5.41, 5.74) is 6.37. The lowest BCUT2D eigenvalue weighted by Crippen LogP contribution is -2.45. The molecule has 100 valence electrons. The van der Waals surface area contributed by atoms with E-state index >= 15 is 0 Å². The Kier molecular flexibility index (Phi) is 3.64. The summed E-state index contributed by atoms with van der Waals surface area (Å²) in [7, 11) is -4.60. The third kappa shape index (κ3) is 2.37. The third-order valence-corrected chi connectivity index (χ3v) is 4.48. The second-order valence-electron chi connectivity index (χ2n) is 4.06. The van der Waals surface area contributed by atoms with E-state index in [4.69, 9.17) is 17.3 Å². The van der Waals surface area contributed by atoms with E-state index in [0.717, 1.165) is 0 Å². The first-order chi connectivity index (χ1) is 8.87. The van der Waals surface area contributed by atoms with Crippen LogP contribution in [0.4, 0.5) is 0 Å². The van der Waals surface area contributed by atoms with E-state index in [1.54, 1.807) is 30.3 Å². The Hall–Kier alpha value is -1.40. The first-order valence-electron chi connectivity index (χ1n) is 5.44. The van der Waals surface area contributed by atoms with Crippen molar-refractivity contribution < 1.29 is 13.0 Å². The minimum atomic E-state index is -4.60. The van der Waals surface area contributed by atoms with Crippen LogP contribution in [-0.4, -0.2) is 13.0 Å². The minimum Gasteiger partial charge on any atom is -0.303 e. The molecule has 0 heterocycles. The van der Waals surface area contributed by atoms with Gasteiger partial charge in [0.05, 0.1) is 0 Å². The number of rotatable bonds is 3. The van der Waals surface area contributed by atoms with Gasteiger partial charge >= 0.3 is 0 Å². The molecule has 4 nitrogen and oxygen atoms in total. The lowest BCUT2D eigenvalue weighted by atomic mass is 9.99. The highest BCUT2D eigenvalue weighted by atomic mass is 35.5. The second-order valence-corrected chi connectivity index (χ2v) is 6.06. The summed E-state index contributed by atoms with van der Waals surface area (Å²) in [5.74, 6) is 0. The lowest BCUT2D eigenvalue weighted by Gasteiger charge is -2.27. The normalized spacial score (nSPS) is 14.9. The van der Waals surface area contributed by atoms with Gasteiger partial charge in [-0.1, -0.05) is 60.1 Å². The van der Waals surface area contributed by atoms with Crippen LogP contribution in [0.1, 0.15) is 11.1 Å². The molecule has 1 unspecified atom stereocenters. The van der Waals surface area contributed by atoms with Gasteiger partial charge in [0, 0.05) is 10.6 Å². The van der Waals surface area contributed by atoms with Crippen LogP contribution in [0.2, 0.25) is 5.02 Å². The molecule has 2 aromatic rings. The molecule has 2 rings (SSSR count). The summed E-state index contributed by atoms with van der Waals surface area (Å²) in [6.45, 7) is 0. The Balaban J connectivity index is 2.79. The Morgan fingerprint density at radius 1 is 1.00 bits per heavy atom. The van der Waals surface area contributed by atoms with Crippen molar-refractivity contribution in [1.82, 2.24) is 0 Å². The first kappa shape index (κ1) is 14.0. The molecule has 19 heavy (non-hydrogen) atoms. The smallest absolute Gasteiger partial charge is 0.292 e. The van der Waals surface area contributed by atoms with Gasteiger partial charge in [-0.15, -0.1) is 0 Å². The van der Waals surface area contributed by atoms with Crippen molar-refractivity contribution in [3.8, 4) is 0 Å². The molecule has 0 radical (unpaired) electrons. The van der Waals surface area contributed by atoms with Crippen molar-refractivity contribution in [2.45, 2.75) is 4.87 Å². The van der Waals surface area contributed by atoms with Crippen molar-refractivity contribution in [1.29, 1.82) is 0 Å². The maximum atomic E-state index is 11.8. The first-order valence-corrected chi connectivity index (χ1v) is 7.25. The molecule has 0 aromatic heterocycles. The van der Waals surface area contributed by atoms with Crippen LogP contribution in [0, 0.1) is 0 Å². The second kappa shape index (κ2) is 4.94. The van der Waals surface area contributed by atoms with Gasteiger partial charge in [-0.2, -0.15) is 8.42 Å². The Morgan fingerprint density at radius 2 is 1.53 bits per heavy atom. The quantitative estimate of drug-likeness (QED) is 0.852. The van der Waals surface area contributed by atoms with E-state index in [2.05, 4.69) is 0 Å². The van der Waals surface area contributed by atoms with Gasteiger partial charge in [0.25, 0.3) is 10.1 Å². The van der Waals surface area contributed by atoms with E-state index in [-0.39, 0.29) is 16.1 Å². The van der Waals surface area contributed by atoms with Gasteiger partial charge in [0.1, 0.15) is 0 Å². The molecule has 0 aliphatic heterocycles. The molecule has 0 fully saturated rings. The zero-order chi connectivity index (χ0) is 14.1. The average Bonchev–Trinajstić information content (AvgIpc) is 2.38. The van der Waals surface area contributed by atoms with E-state index in [1.807, 2.05) is 0 Å². The van der Waals surface area contributed by atoms with Crippen LogP contribution in [0.5, 0.6) is 0 Å². The number of benzene rings is 2. The molecular weight excluding hydrogens is 286 g/mol. The molecule has 0 bridgehead atoms. The van der Waals surface area contributed by atoms with Gasteiger partial charge in [-0.05, 0) is 11.6 Å². The van der Waals surface area contributed by atoms with Gasteiger partial charge in [-0.25, -0.2) is 0 Å². The molecule has 1 atom stereocenters. The highest BCUT2D eigenvalue weighted by molar-refractivity contribution is 7.87. The highest BCUT2D eigenvalue weighted by Gasteiger charge is 2.43. The topological polar surface area (TPSA) is 80.4 Å². The monoisotopic (exact) mass is 297 g/mol. The number of nitrogens with two attached hydrogens (primary N) is 1. The number of hydrogen-bond donors (Lipinski definition) is 2. The molecule has 0 amide bonds. The Bertz CT molecular complexity index is 688. The predicted molar refractivity (Wildman–Crippen MR) is 74.4 cm³/mol. The summed E-state index contributed by atoms with van der Waals surface area (Å²) in [6.07, 6.45) is 0. The van der Waals surface area contributed by atoms with Crippen molar-refractivity contribution in [2.24, 2.45) is 5.73 Å². The molecule has 2 aromatic carbocycles. The Labute approximate surface area is 116 Å². The number of hydrogen-bond acceptors (Lipinski definition) is 3. The highest BCUT2D eigenvalue weighted by Crippen LogP contribution is 2.35. The van der Waals surface area contributed by atoms with Crippen LogP contribution in [0.25, 0.3) is 0 Å². The van der Waals surface area contributed by atoms with Gasteiger partial charge in [0.2, 0.25) is 0 Å². The zero-order valence-corrected chi connectivity index (χ0v) is 11.4. The fraction of sp³-hybridized carbons (Fsp3) is 0.0769. The van der Waals surface area contributed by atoms with Crippen LogP contribution in [0.15, 0.2) is 54.6 Å². The van der Waals surface area contributed by atoms with Crippen LogP contribution < -0.4 is 5.73 Å². The van der Waals surface area contributed by atoms with Crippen molar-refractivity contribution >= 4 is 21.7 Å². The van der Waals surface area contributed by atoms with Crippen molar-refractivity contribution in [2.75, 3.05) is 0 Å². The molecule has 0 aliphatic carbocycles. The van der Waals surface area contributed by atoms with E-state index in [9.17, 15) is 13.0 Å². The predicted octanol–water partition coefficient (Wildman–Crippen LogP) is 2.39. The van der Waals surface area contributed by atoms with E-state index < -0.39 is 15.0 Å². The molecule has 0 spiro atoms. The fourth-order valence-electron chi connectivity index (χ4n) is 1.89. The van der Waals surface area contributed by atoms with Gasteiger partial charge < -0.3 is 5.73 Å². The zero-order valence-electron chi connectivity index (χ0n) is 9.82. The van der Waals surface area contributed by atoms with E-state index in [1.165, 1.54) is 24.3 Å². The van der Waals surface area contributed by atoms with Crippen LogP contribution in [-0.2, 0) is 15.0 Å². The summed E-state index contributed by atoms with van der Waals surface area (Å²) in [4.78, 5) is -2.09. The Morgan fingerprint density at radius 3 is 2.05 bits per heavy atom. The molecule has 3 N–H and O–H groups in total. The van der Waals surface area contributed by atoms with Gasteiger partial charge in [0.15, 0.2) is 4.87 Å². The summed E-state index contributed by atoms with van der Waals surface area (Å²) < 4.78 is 33.1. The molecule has 6 heteroatoms. The van der Waals surface area contributed by atoms with Gasteiger partial charge in [-0.3, -0.25) is 4.55 Å². The molecule has 0 saturated heterocycles. The summed E-state index contributed by atoms with van der Waals surface area (Å²) >= 11 is 6.01. The maximum Gasteiger partial charge on any atom is 0.292 e. The average molecular weight is 298 g/mol. The standard InChI is InChI=1S/C13H12ClNO3S/c14-12-9-5-4-8-11(12)13(15,19(16,17)18)10-6-2-1-3-7-10/h1-9H,15H2,(H,16,17,18). The molecule has 0 aliphatic rings. The van der Waals surface area contributed by atoms with E-state index in [0.29, 0.717) is 0 Å². The SMILES string of the molecule is NC(c1ccccc1)(c1ccccc1Cl)S(=O)(=O)O. The summed E-state index contributed by atoms with van der Waals surface area (Å²) in [5, 5.41) is 0.173. The lowest BCUT2D eigenvalue weighted by molar-refractivity contribution is 0.448. The minimum absolute atomic E-state index is 0.130. The van der Waals surface area contributed by atoms with Crippen LogP contribution in [0.3, 0.4) is 0 Å². The number of halogens is 1. The third-order valence-electron chi connectivity index (χ3n) is 2.88. The van der Waals surface area contributed by atoms with Crippen molar-refractivity contribution in [3.05, 3.63) is 70.7 Å². The summed E-state index contributed by atoms with van der Waals surface area (Å²) in [6, 6.07) is 14.3.